The zero-order valence-electron chi connectivity index (χ0n) is 32.9. The fourth-order valence-electron chi connectivity index (χ4n) is 9.41. The summed E-state index contributed by atoms with van der Waals surface area (Å²) in [6.45, 7) is 2.35. The molecule has 0 N–H and O–H groups in total. The highest BCUT2D eigenvalue weighted by Crippen LogP contribution is 2.47. The minimum atomic E-state index is -0.303. The summed E-state index contributed by atoms with van der Waals surface area (Å²) in [5.41, 5.74) is 9.14. The van der Waals surface area contributed by atoms with Crippen molar-refractivity contribution in [3.05, 3.63) is 205 Å². The van der Waals surface area contributed by atoms with E-state index in [-0.39, 0.29) is 5.41 Å². The van der Waals surface area contributed by atoms with Gasteiger partial charge in [0.1, 0.15) is 0 Å². The molecule has 1 atom stereocenters. The van der Waals surface area contributed by atoms with Crippen molar-refractivity contribution in [2.45, 2.75) is 18.8 Å². The predicted octanol–water partition coefficient (Wildman–Crippen LogP) is 15.2. The van der Waals surface area contributed by atoms with Gasteiger partial charge in [-0.2, -0.15) is 0 Å². The quantitative estimate of drug-likeness (QED) is 0.163. The standard InChI is InChI=1S/C56H37N3S/c1-56(31-29-36(30-32-56)49-34-48(35-15-4-2-5-16-35)57-55(58-49)37-17-6-3-7-18-37)47-25-14-24-45-51-44-23-12-13-26-50(44)60-54(51)52(59-53(45)47)38-27-28-43-41-21-9-8-19-39(41)40-20-10-11-22-42(40)46(43)33-38/h2-31,33-34H,32H2,1H3. The van der Waals surface area contributed by atoms with Crippen molar-refractivity contribution in [1.29, 1.82) is 0 Å². The van der Waals surface area contributed by atoms with E-state index < -0.39 is 0 Å². The van der Waals surface area contributed by atoms with Crippen LogP contribution in [0.1, 0.15) is 24.6 Å². The Morgan fingerprint density at radius 2 is 1.08 bits per heavy atom. The number of allylic oxidation sites excluding steroid dienone is 4. The molecule has 1 unspecified atom stereocenters. The summed E-state index contributed by atoms with van der Waals surface area (Å²) >= 11 is 1.85. The average molecular weight is 784 g/mol. The first kappa shape index (κ1) is 34.7. The molecular formula is C56H37N3S. The molecule has 0 saturated heterocycles. The van der Waals surface area contributed by atoms with E-state index >= 15 is 0 Å². The van der Waals surface area contributed by atoms with Crippen molar-refractivity contribution in [3.63, 3.8) is 0 Å². The largest absolute Gasteiger partial charge is 0.246 e. The number of para-hydroxylation sites is 1. The number of benzene rings is 8. The van der Waals surface area contributed by atoms with Crippen LogP contribution in [-0.2, 0) is 5.41 Å². The monoisotopic (exact) mass is 783 g/mol. The second kappa shape index (κ2) is 13.7. The highest BCUT2D eigenvalue weighted by Gasteiger charge is 2.30. The van der Waals surface area contributed by atoms with E-state index in [1.165, 1.54) is 63.4 Å². The Labute approximate surface area is 351 Å². The maximum Gasteiger partial charge on any atom is 0.160 e. The normalized spacial score (nSPS) is 15.4. The lowest BCUT2D eigenvalue weighted by molar-refractivity contribution is 0.605. The van der Waals surface area contributed by atoms with Gasteiger partial charge in [-0.05, 0) is 68.1 Å². The zero-order valence-corrected chi connectivity index (χ0v) is 33.7. The lowest BCUT2D eigenvalue weighted by Crippen LogP contribution is -2.21. The van der Waals surface area contributed by atoms with Gasteiger partial charge in [-0.25, -0.2) is 15.0 Å². The summed E-state index contributed by atoms with van der Waals surface area (Å²) in [7, 11) is 0. The van der Waals surface area contributed by atoms with Crippen molar-refractivity contribution in [2.24, 2.45) is 0 Å². The van der Waals surface area contributed by atoms with Crippen LogP contribution in [0.15, 0.2) is 194 Å². The van der Waals surface area contributed by atoms with Crippen LogP contribution in [0, 0.1) is 0 Å². The number of aromatic nitrogens is 3. The molecule has 1 aliphatic carbocycles. The highest BCUT2D eigenvalue weighted by molar-refractivity contribution is 7.26. The average Bonchev–Trinajstić information content (AvgIpc) is 3.72. The fraction of sp³-hybridized carbons (Fsp3) is 0.0536. The van der Waals surface area contributed by atoms with Crippen LogP contribution in [0.25, 0.3) is 103 Å². The molecule has 3 aromatic heterocycles. The summed E-state index contributed by atoms with van der Waals surface area (Å²) in [6.07, 6.45) is 7.78. The molecule has 0 spiro atoms. The summed E-state index contributed by atoms with van der Waals surface area (Å²) < 4.78 is 2.50. The van der Waals surface area contributed by atoms with Crippen LogP contribution in [-0.4, -0.2) is 15.0 Å². The third-order valence-corrected chi connectivity index (χ3v) is 13.7. The Morgan fingerprint density at radius 1 is 0.483 bits per heavy atom. The van der Waals surface area contributed by atoms with E-state index in [1.807, 2.05) is 35.6 Å². The molecule has 60 heavy (non-hydrogen) atoms. The smallest absolute Gasteiger partial charge is 0.160 e. The molecule has 0 radical (unpaired) electrons. The molecule has 3 nitrogen and oxygen atoms in total. The molecule has 0 amide bonds. The molecule has 282 valence electrons. The lowest BCUT2D eigenvalue weighted by atomic mass is 9.74. The number of thiophene rings is 1. The topological polar surface area (TPSA) is 38.7 Å². The summed E-state index contributed by atoms with van der Waals surface area (Å²) in [5, 5.41) is 11.4. The summed E-state index contributed by atoms with van der Waals surface area (Å²) in [4.78, 5) is 15.9. The van der Waals surface area contributed by atoms with Gasteiger partial charge < -0.3 is 0 Å². The Hall–Kier alpha value is -7.27. The lowest BCUT2D eigenvalue weighted by Gasteiger charge is -2.30. The third-order valence-electron chi connectivity index (χ3n) is 12.5. The van der Waals surface area contributed by atoms with Crippen LogP contribution in [0.3, 0.4) is 0 Å². The van der Waals surface area contributed by atoms with E-state index in [0.717, 1.165) is 57.1 Å². The van der Waals surface area contributed by atoms with Crippen molar-refractivity contribution < 1.29 is 0 Å². The van der Waals surface area contributed by atoms with Gasteiger partial charge in [-0.15, -0.1) is 11.3 Å². The van der Waals surface area contributed by atoms with E-state index in [0.29, 0.717) is 0 Å². The first-order valence-electron chi connectivity index (χ1n) is 20.6. The van der Waals surface area contributed by atoms with Crippen LogP contribution in [0.2, 0.25) is 0 Å². The van der Waals surface area contributed by atoms with Gasteiger partial charge in [0.15, 0.2) is 5.82 Å². The SMILES string of the molecule is CC1(c2cccc3c2nc(-c2ccc4c5ccccc5c5ccccc5c4c2)c2sc4ccccc4c23)C=CC(c2cc(-c3ccccc3)nc(-c3ccccc3)n2)=CC1. The third kappa shape index (κ3) is 5.52. The van der Waals surface area contributed by atoms with Gasteiger partial charge in [0.25, 0.3) is 0 Å². The summed E-state index contributed by atoms with van der Waals surface area (Å²) in [6, 6.07) is 63.0. The number of fused-ring (bicyclic) bond motifs is 11. The van der Waals surface area contributed by atoms with Gasteiger partial charge in [0, 0.05) is 43.0 Å². The number of rotatable bonds is 5. The van der Waals surface area contributed by atoms with Crippen LogP contribution in [0.5, 0.6) is 0 Å². The molecule has 4 heteroatoms. The van der Waals surface area contributed by atoms with Crippen LogP contribution in [0.4, 0.5) is 0 Å². The van der Waals surface area contributed by atoms with Gasteiger partial charge in [-0.3, -0.25) is 0 Å². The number of hydrogen-bond donors (Lipinski definition) is 0. The molecule has 12 rings (SSSR count). The van der Waals surface area contributed by atoms with E-state index in [2.05, 4.69) is 177 Å². The van der Waals surface area contributed by atoms with Crippen LogP contribution < -0.4 is 0 Å². The molecule has 0 fully saturated rings. The molecule has 0 saturated carbocycles. The fourth-order valence-corrected chi connectivity index (χ4v) is 10.6. The van der Waals surface area contributed by atoms with E-state index in [1.54, 1.807) is 0 Å². The van der Waals surface area contributed by atoms with Gasteiger partial charge in [0.2, 0.25) is 0 Å². The molecular weight excluding hydrogens is 747 g/mol. The second-order valence-electron chi connectivity index (χ2n) is 16.1. The molecule has 3 heterocycles. The number of nitrogens with zero attached hydrogens (tertiary/aromatic N) is 3. The van der Waals surface area contributed by atoms with Gasteiger partial charge >= 0.3 is 0 Å². The molecule has 8 aromatic carbocycles. The van der Waals surface area contributed by atoms with Crippen LogP contribution >= 0.6 is 11.3 Å². The zero-order chi connectivity index (χ0) is 39.8. The maximum absolute atomic E-state index is 5.74. The molecule has 0 bridgehead atoms. The highest BCUT2D eigenvalue weighted by atomic mass is 32.1. The Balaban J connectivity index is 1.03. The van der Waals surface area contributed by atoms with Gasteiger partial charge in [0.05, 0.1) is 27.3 Å². The maximum atomic E-state index is 5.74. The minimum absolute atomic E-state index is 0.303. The van der Waals surface area contributed by atoms with Crippen molar-refractivity contribution in [2.75, 3.05) is 0 Å². The molecule has 1 aliphatic rings. The van der Waals surface area contributed by atoms with E-state index in [9.17, 15) is 0 Å². The predicted molar refractivity (Wildman–Crippen MR) is 255 cm³/mol. The Kier molecular flexibility index (Phi) is 7.91. The number of pyridine rings is 1. The Morgan fingerprint density at radius 3 is 1.78 bits per heavy atom. The summed E-state index contributed by atoms with van der Waals surface area (Å²) in [5.74, 6) is 0.724. The Bertz CT molecular complexity index is 3490. The number of hydrogen-bond acceptors (Lipinski definition) is 4. The first-order chi connectivity index (χ1) is 29.6. The van der Waals surface area contributed by atoms with Gasteiger partial charge in [-0.1, -0.05) is 183 Å². The van der Waals surface area contributed by atoms with E-state index in [4.69, 9.17) is 15.0 Å². The van der Waals surface area contributed by atoms with Crippen molar-refractivity contribution in [1.82, 2.24) is 15.0 Å². The first-order valence-corrected chi connectivity index (χ1v) is 21.4. The van der Waals surface area contributed by atoms with Crippen molar-refractivity contribution in [3.8, 4) is 33.9 Å². The molecule has 11 aromatic rings. The van der Waals surface area contributed by atoms with Crippen molar-refractivity contribution >= 4 is 80.3 Å². The molecule has 0 aliphatic heterocycles. The second-order valence-corrected chi connectivity index (χ2v) is 17.2. The minimum Gasteiger partial charge on any atom is -0.246 e.